The van der Waals surface area contributed by atoms with Gasteiger partial charge in [-0.3, -0.25) is 4.98 Å². The molecule has 96 valence electrons. The average Bonchev–Trinajstić information content (AvgIpc) is 2.65. The fourth-order valence-corrected chi connectivity index (χ4v) is 3.67. The molecule has 0 bridgehead atoms. The van der Waals surface area contributed by atoms with E-state index in [1.165, 1.54) is 10.5 Å². The smallest absolute Gasteiger partial charge is 0.244 e. The van der Waals surface area contributed by atoms with E-state index in [1.54, 1.807) is 12.3 Å². The van der Waals surface area contributed by atoms with Crippen molar-refractivity contribution in [3.63, 3.8) is 0 Å². The number of hydrogen-bond donors (Lipinski definition) is 1. The van der Waals surface area contributed by atoms with Crippen molar-refractivity contribution in [3.8, 4) is 0 Å². The zero-order valence-electron chi connectivity index (χ0n) is 8.91. The van der Waals surface area contributed by atoms with Crippen molar-refractivity contribution in [2.24, 2.45) is 5.73 Å². The van der Waals surface area contributed by atoms with E-state index >= 15 is 0 Å². The minimum Gasteiger partial charge on any atom is -0.326 e. The normalized spacial score (nSPS) is 21.2. The van der Waals surface area contributed by atoms with Gasteiger partial charge in [-0.1, -0.05) is 0 Å². The standard InChI is InChI=1S/C9H12BrN3O2S.ClH/c10-7-3-9(5-12-4-7)16(14,15)13-2-1-8(11)6-13;/h3-5,8H,1-2,6,11H2;1H/t8-;/m1./s1. The molecule has 8 heteroatoms. The quantitative estimate of drug-likeness (QED) is 0.869. The summed E-state index contributed by atoms with van der Waals surface area (Å²) >= 11 is 3.20. The molecule has 0 radical (unpaired) electrons. The molecule has 2 N–H and O–H groups in total. The van der Waals surface area contributed by atoms with Gasteiger partial charge in [-0.05, 0) is 28.4 Å². The molecule has 1 aromatic heterocycles. The minimum absolute atomic E-state index is 0. The number of rotatable bonds is 2. The number of halogens is 2. The second-order valence-electron chi connectivity index (χ2n) is 3.75. The van der Waals surface area contributed by atoms with E-state index in [9.17, 15) is 8.42 Å². The van der Waals surface area contributed by atoms with Crippen molar-refractivity contribution in [1.82, 2.24) is 9.29 Å². The second-order valence-corrected chi connectivity index (χ2v) is 6.60. The summed E-state index contributed by atoms with van der Waals surface area (Å²) in [6, 6.07) is 1.49. The Morgan fingerprint density at radius 2 is 2.18 bits per heavy atom. The van der Waals surface area contributed by atoms with Crippen LogP contribution in [0.3, 0.4) is 0 Å². The van der Waals surface area contributed by atoms with Crippen LogP contribution in [0.1, 0.15) is 6.42 Å². The summed E-state index contributed by atoms with van der Waals surface area (Å²) in [5, 5.41) is 0. The van der Waals surface area contributed by atoms with Gasteiger partial charge in [0.15, 0.2) is 0 Å². The van der Waals surface area contributed by atoms with Crippen LogP contribution in [0.25, 0.3) is 0 Å². The van der Waals surface area contributed by atoms with Gasteiger partial charge in [-0.15, -0.1) is 12.4 Å². The van der Waals surface area contributed by atoms with E-state index in [2.05, 4.69) is 20.9 Å². The predicted molar refractivity (Wildman–Crippen MR) is 70.5 cm³/mol. The van der Waals surface area contributed by atoms with Gasteiger partial charge < -0.3 is 5.73 Å². The summed E-state index contributed by atoms with van der Waals surface area (Å²) in [5.41, 5.74) is 5.70. The highest BCUT2D eigenvalue weighted by Gasteiger charge is 2.31. The molecule has 0 aromatic carbocycles. The molecule has 0 spiro atoms. The second kappa shape index (κ2) is 5.62. The van der Waals surface area contributed by atoms with Gasteiger partial charge in [0.1, 0.15) is 4.90 Å². The highest BCUT2D eigenvalue weighted by molar-refractivity contribution is 9.10. The molecular weight excluding hydrogens is 330 g/mol. The molecule has 0 saturated carbocycles. The van der Waals surface area contributed by atoms with Crippen molar-refractivity contribution in [3.05, 3.63) is 22.9 Å². The molecule has 2 heterocycles. The Hall–Kier alpha value is -0.210. The monoisotopic (exact) mass is 341 g/mol. The van der Waals surface area contributed by atoms with Gasteiger partial charge in [0.2, 0.25) is 10.0 Å². The van der Waals surface area contributed by atoms with E-state index in [0.29, 0.717) is 24.0 Å². The van der Waals surface area contributed by atoms with Crippen LogP contribution < -0.4 is 5.73 Å². The van der Waals surface area contributed by atoms with Crippen LogP contribution in [0.4, 0.5) is 0 Å². The van der Waals surface area contributed by atoms with Crippen molar-refractivity contribution >= 4 is 38.4 Å². The third kappa shape index (κ3) is 3.17. The maximum absolute atomic E-state index is 12.1. The van der Waals surface area contributed by atoms with Crippen molar-refractivity contribution in [2.45, 2.75) is 17.4 Å². The summed E-state index contributed by atoms with van der Waals surface area (Å²) in [4.78, 5) is 4.06. The summed E-state index contributed by atoms with van der Waals surface area (Å²) in [5.74, 6) is 0. The Bertz CT molecular complexity index is 497. The molecular formula is C9H13BrClN3O2S. The lowest BCUT2D eigenvalue weighted by atomic mass is 10.3. The third-order valence-corrected chi connectivity index (χ3v) is 4.77. The fourth-order valence-electron chi connectivity index (χ4n) is 1.65. The number of nitrogens with two attached hydrogens (primary N) is 1. The Morgan fingerprint density at radius 3 is 2.71 bits per heavy atom. The molecule has 0 aliphatic carbocycles. The van der Waals surface area contributed by atoms with Crippen molar-refractivity contribution < 1.29 is 8.42 Å². The van der Waals surface area contributed by atoms with E-state index < -0.39 is 10.0 Å². The molecule has 1 atom stereocenters. The molecule has 1 aromatic rings. The van der Waals surface area contributed by atoms with E-state index in [4.69, 9.17) is 5.73 Å². The first kappa shape index (κ1) is 14.8. The maximum Gasteiger partial charge on any atom is 0.244 e. The van der Waals surface area contributed by atoms with Crippen molar-refractivity contribution in [2.75, 3.05) is 13.1 Å². The molecule has 17 heavy (non-hydrogen) atoms. The number of pyridine rings is 1. The van der Waals surface area contributed by atoms with Crippen molar-refractivity contribution in [1.29, 1.82) is 0 Å². The molecule has 1 aliphatic heterocycles. The summed E-state index contributed by atoms with van der Waals surface area (Å²) in [7, 11) is -3.43. The Labute approximate surface area is 115 Å². The van der Waals surface area contributed by atoms with Crippen LogP contribution in [0.15, 0.2) is 27.8 Å². The number of nitrogens with zero attached hydrogens (tertiary/aromatic N) is 2. The lowest BCUT2D eigenvalue weighted by Gasteiger charge is -2.15. The third-order valence-electron chi connectivity index (χ3n) is 2.51. The van der Waals surface area contributed by atoms with Gasteiger partial charge >= 0.3 is 0 Å². The summed E-state index contributed by atoms with van der Waals surface area (Å²) in [6.45, 7) is 0.866. The Morgan fingerprint density at radius 1 is 1.47 bits per heavy atom. The van der Waals surface area contributed by atoms with E-state index in [-0.39, 0.29) is 23.3 Å². The fraction of sp³-hybridized carbons (Fsp3) is 0.444. The first-order valence-electron chi connectivity index (χ1n) is 4.86. The lowest BCUT2D eigenvalue weighted by Crippen LogP contribution is -2.32. The number of hydrogen-bond acceptors (Lipinski definition) is 4. The maximum atomic E-state index is 12.1. The Kier molecular flexibility index (Phi) is 4.91. The van der Waals surface area contributed by atoms with Gasteiger partial charge in [-0.25, -0.2) is 8.42 Å². The van der Waals surface area contributed by atoms with Gasteiger partial charge in [0.05, 0.1) is 0 Å². The first-order valence-corrected chi connectivity index (χ1v) is 7.10. The molecule has 2 rings (SSSR count). The zero-order chi connectivity index (χ0) is 11.8. The largest absolute Gasteiger partial charge is 0.326 e. The number of aromatic nitrogens is 1. The predicted octanol–water partition coefficient (Wildman–Crippen LogP) is 0.988. The van der Waals surface area contributed by atoms with E-state index in [1.807, 2.05) is 0 Å². The summed E-state index contributed by atoms with van der Waals surface area (Å²) < 4.78 is 26.3. The van der Waals surface area contributed by atoms with Crippen LogP contribution in [-0.4, -0.2) is 36.8 Å². The minimum atomic E-state index is -3.43. The lowest BCUT2D eigenvalue weighted by molar-refractivity contribution is 0.472. The highest BCUT2D eigenvalue weighted by atomic mass is 79.9. The van der Waals surface area contributed by atoms with Crippen LogP contribution in [0.2, 0.25) is 0 Å². The van der Waals surface area contributed by atoms with Gasteiger partial charge in [-0.2, -0.15) is 4.31 Å². The van der Waals surface area contributed by atoms with Crippen LogP contribution in [-0.2, 0) is 10.0 Å². The van der Waals surface area contributed by atoms with Crippen LogP contribution in [0, 0.1) is 0 Å². The van der Waals surface area contributed by atoms with E-state index in [0.717, 1.165) is 0 Å². The zero-order valence-corrected chi connectivity index (χ0v) is 12.1. The molecule has 0 amide bonds. The van der Waals surface area contributed by atoms with Gasteiger partial charge in [0.25, 0.3) is 0 Å². The molecule has 1 aliphatic rings. The highest BCUT2D eigenvalue weighted by Crippen LogP contribution is 2.21. The molecule has 5 nitrogen and oxygen atoms in total. The summed E-state index contributed by atoms with van der Waals surface area (Å²) in [6.07, 6.45) is 3.61. The molecule has 1 saturated heterocycles. The van der Waals surface area contributed by atoms with Crippen LogP contribution in [0.5, 0.6) is 0 Å². The van der Waals surface area contributed by atoms with Crippen LogP contribution >= 0.6 is 28.3 Å². The number of sulfonamides is 1. The average molecular weight is 343 g/mol. The molecule has 1 fully saturated rings. The first-order chi connectivity index (χ1) is 7.50. The van der Waals surface area contributed by atoms with Gasteiger partial charge in [0, 0.05) is 36.0 Å². The molecule has 0 unspecified atom stereocenters. The SMILES string of the molecule is Cl.N[C@@H]1CCN(S(=O)(=O)c2cncc(Br)c2)C1. The Balaban J connectivity index is 0.00000144. The topological polar surface area (TPSA) is 76.3 Å².